The summed E-state index contributed by atoms with van der Waals surface area (Å²) >= 11 is 0. The van der Waals surface area contributed by atoms with Crippen LogP contribution in [0, 0.1) is 11.3 Å². The number of benzene rings is 4. The van der Waals surface area contributed by atoms with Gasteiger partial charge in [-0.25, -0.2) is 4.79 Å². The number of amides is 1. The number of nitrogens with zero attached hydrogens (tertiary/aromatic N) is 1. The lowest BCUT2D eigenvalue weighted by Gasteiger charge is -2.11. The maximum Gasteiger partial charge on any atom is 0.344 e. The fourth-order valence-corrected chi connectivity index (χ4v) is 3.61. The summed E-state index contributed by atoms with van der Waals surface area (Å²) in [6.45, 7) is 0. The molecule has 0 radical (unpaired) electrons. The van der Waals surface area contributed by atoms with Gasteiger partial charge in [0.15, 0.2) is 11.5 Å². The van der Waals surface area contributed by atoms with Crippen LogP contribution in [0.5, 0.6) is 17.2 Å². The molecule has 4 aromatic rings. The molecule has 178 valence electrons. The van der Waals surface area contributed by atoms with E-state index >= 15 is 0 Å². The summed E-state index contributed by atoms with van der Waals surface area (Å²) in [5.41, 5.74) is 1.29. The molecule has 4 aromatic carbocycles. The van der Waals surface area contributed by atoms with Crippen LogP contribution in [-0.2, 0) is 4.79 Å². The number of anilines is 1. The molecule has 1 N–H and O–H groups in total. The third-order valence-electron chi connectivity index (χ3n) is 5.42. The summed E-state index contributed by atoms with van der Waals surface area (Å²) < 4.78 is 16.1. The lowest BCUT2D eigenvalue weighted by molar-refractivity contribution is -0.112. The normalized spacial score (nSPS) is 10.9. The summed E-state index contributed by atoms with van der Waals surface area (Å²) in [7, 11) is 3.01. The lowest BCUT2D eigenvalue weighted by Crippen LogP contribution is -2.13. The van der Waals surface area contributed by atoms with Crippen molar-refractivity contribution in [2.24, 2.45) is 0 Å². The Bertz CT molecular complexity index is 1500. The minimum absolute atomic E-state index is 0.123. The van der Waals surface area contributed by atoms with Gasteiger partial charge in [0.25, 0.3) is 5.91 Å². The van der Waals surface area contributed by atoms with Crippen molar-refractivity contribution < 1.29 is 23.8 Å². The van der Waals surface area contributed by atoms with Crippen LogP contribution in [0.4, 0.5) is 5.69 Å². The Labute approximate surface area is 208 Å². The van der Waals surface area contributed by atoms with E-state index in [-0.39, 0.29) is 11.3 Å². The van der Waals surface area contributed by atoms with Gasteiger partial charge in [-0.15, -0.1) is 0 Å². The zero-order valence-corrected chi connectivity index (χ0v) is 19.6. The molecule has 7 heteroatoms. The monoisotopic (exact) mass is 478 g/mol. The summed E-state index contributed by atoms with van der Waals surface area (Å²) in [6, 6.07) is 26.4. The van der Waals surface area contributed by atoms with E-state index in [2.05, 4.69) is 5.32 Å². The minimum Gasteiger partial charge on any atom is -0.497 e. The first-order chi connectivity index (χ1) is 17.5. The van der Waals surface area contributed by atoms with E-state index < -0.39 is 11.9 Å². The van der Waals surface area contributed by atoms with E-state index in [9.17, 15) is 14.9 Å². The van der Waals surface area contributed by atoms with Crippen LogP contribution in [0.1, 0.15) is 15.9 Å². The van der Waals surface area contributed by atoms with Crippen LogP contribution in [0.3, 0.4) is 0 Å². The van der Waals surface area contributed by atoms with Crippen molar-refractivity contribution >= 4 is 34.4 Å². The smallest absolute Gasteiger partial charge is 0.344 e. The lowest BCUT2D eigenvalue weighted by atomic mass is 10.0. The number of nitrogens with one attached hydrogen (secondary N) is 1. The second-order valence-electron chi connectivity index (χ2n) is 7.68. The first-order valence-corrected chi connectivity index (χ1v) is 11.0. The number of carbonyl (C=O) groups excluding carboxylic acids is 2. The zero-order chi connectivity index (χ0) is 25.5. The maximum atomic E-state index is 13.0. The van der Waals surface area contributed by atoms with Crippen molar-refractivity contribution in [1.29, 1.82) is 5.26 Å². The van der Waals surface area contributed by atoms with Crippen molar-refractivity contribution in [2.45, 2.75) is 0 Å². The second-order valence-corrected chi connectivity index (χ2v) is 7.68. The molecular formula is C29H22N2O5. The van der Waals surface area contributed by atoms with Gasteiger partial charge in [0, 0.05) is 5.69 Å². The standard InChI is InChI=1S/C29H22N2O5/c1-34-23-13-11-22(12-14-23)31-28(32)21(18-30)16-19-10-15-26(35-2)27(17-19)36-29(33)25-9-5-7-20-6-3-4-8-24(20)25/h3-17H,1-2H3,(H,31,32). The van der Waals surface area contributed by atoms with Crippen molar-refractivity contribution in [2.75, 3.05) is 19.5 Å². The van der Waals surface area contributed by atoms with Gasteiger partial charge < -0.3 is 19.5 Å². The Hall–Kier alpha value is -5.09. The molecule has 0 aromatic heterocycles. The van der Waals surface area contributed by atoms with Gasteiger partial charge in [0.05, 0.1) is 19.8 Å². The van der Waals surface area contributed by atoms with Crippen molar-refractivity contribution in [3.05, 3.63) is 102 Å². The van der Waals surface area contributed by atoms with E-state index in [1.807, 2.05) is 36.4 Å². The average Bonchev–Trinajstić information content (AvgIpc) is 2.91. The number of hydrogen-bond acceptors (Lipinski definition) is 6. The fourth-order valence-electron chi connectivity index (χ4n) is 3.61. The molecule has 4 rings (SSSR count). The Kier molecular flexibility index (Phi) is 7.28. The third kappa shape index (κ3) is 5.34. The predicted octanol–water partition coefficient (Wildman–Crippen LogP) is 5.62. The number of nitriles is 1. The first kappa shape index (κ1) is 24.0. The molecule has 0 aliphatic carbocycles. The van der Waals surface area contributed by atoms with Gasteiger partial charge >= 0.3 is 5.97 Å². The van der Waals surface area contributed by atoms with Gasteiger partial charge in [0.2, 0.25) is 0 Å². The Morgan fingerprint density at radius 3 is 2.33 bits per heavy atom. The van der Waals surface area contributed by atoms with Gasteiger partial charge in [-0.2, -0.15) is 5.26 Å². The molecule has 0 heterocycles. The molecule has 7 nitrogen and oxygen atoms in total. The first-order valence-electron chi connectivity index (χ1n) is 11.0. The van der Waals surface area contributed by atoms with Crippen LogP contribution in [0.2, 0.25) is 0 Å². The number of methoxy groups -OCH3 is 2. The van der Waals surface area contributed by atoms with Crippen LogP contribution < -0.4 is 19.5 Å². The van der Waals surface area contributed by atoms with Crippen molar-refractivity contribution in [3.63, 3.8) is 0 Å². The third-order valence-corrected chi connectivity index (χ3v) is 5.42. The van der Waals surface area contributed by atoms with E-state index in [1.165, 1.54) is 13.2 Å². The number of carbonyl (C=O) groups is 2. The quantitative estimate of drug-likeness (QED) is 0.160. The Balaban J connectivity index is 1.59. The highest BCUT2D eigenvalue weighted by molar-refractivity contribution is 6.10. The molecule has 36 heavy (non-hydrogen) atoms. The highest BCUT2D eigenvalue weighted by Crippen LogP contribution is 2.31. The molecule has 0 saturated carbocycles. The molecule has 0 aliphatic heterocycles. The number of ether oxygens (including phenoxy) is 3. The summed E-state index contributed by atoms with van der Waals surface area (Å²) in [5.74, 6) is 0.0172. The van der Waals surface area contributed by atoms with Crippen LogP contribution in [-0.4, -0.2) is 26.1 Å². The number of rotatable bonds is 7. The zero-order valence-electron chi connectivity index (χ0n) is 19.6. The van der Waals surface area contributed by atoms with E-state index in [0.717, 1.165) is 10.8 Å². The van der Waals surface area contributed by atoms with Gasteiger partial charge in [-0.1, -0.05) is 42.5 Å². The van der Waals surface area contributed by atoms with Crippen molar-refractivity contribution in [1.82, 2.24) is 0 Å². The summed E-state index contributed by atoms with van der Waals surface area (Å²) in [4.78, 5) is 25.7. The van der Waals surface area contributed by atoms with Crippen LogP contribution >= 0.6 is 0 Å². The fraction of sp³-hybridized carbons (Fsp3) is 0.0690. The molecule has 0 aliphatic rings. The summed E-state index contributed by atoms with van der Waals surface area (Å²) in [6.07, 6.45) is 1.41. The number of hydrogen-bond donors (Lipinski definition) is 1. The minimum atomic E-state index is -0.576. The highest BCUT2D eigenvalue weighted by atomic mass is 16.6. The molecular weight excluding hydrogens is 456 g/mol. The number of esters is 1. The molecule has 0 saturated heterocycles. The average molecular weight is 479 g/mol. The maximum absolute atomic E-state index is 13.0. The Morgan fingerprint density at radius 2 is 1.61 bits per heavy atom. The van der Waals surface area contributed by atoms with Gasteiger partial charge in [-0.3, -0.25) is 4.79 Å². The largest absolute Gasteiger partial charge is 0.497 e. The molecule has 0 bridgehead atoms. The van der Waals surface area contributed by atoms with Gasteiger partial charge in [0.1, 0.15) is 17.4 Å². The molecule has 0 spiro atoms. The molecule has 1 amide bonds. The SMILES string of the molecule is COc1ccc(NC(=O)C(C#N)=Cc2ccc(OC)c(OC(=O)c3cccc4ccccc34)c2)cc1. The molecule has 0 atom stereocenters. The van der Waals surface area contributed by atoms with Crippen LogP contribution in [0.25, 0.3) is 16.8 Å². The second kappa shape index (κ2) is 10.9. The molecule has 0 fully saturated rings. The summed E-state index contributed by atoms with van der Waals surface area (Å²) in [5, 5.41) is 13.9. The van der Waals surface area contributed by atoms with Crippen molar-refractivity contribution in [3.8, 4) is 23.3 Å². The number of fused-ring (bicyclic) bond motifs is 1. The van der Waals surface area contributed by atoms with E-state index in [0.29, 0.717) is 28.3 Å². The Morgan fingerprint density at radius 1 is 0.861 bits per heavy atom. The van der Waals surface area contributed by atoms with E-state index in [1.54, 1.807) is 61.7 Å². The van der Waals surface area contributed by atoms with Gasteiger partial charge in [-0.05, 0) is 64.9 Å². The van der Waals surface area contributed by atoms with Crippen LogP contribution in [0.15, 0.2) is 90.5 Å². The topological polar surface area (TPSA) is 97.7 Å². The van der Waals surface area contributed by atoms with E-state index in [4.69, 9.17) is 14.2 Å². The predicted molar refractivity (Wildman–Crippen MR) is 137 cm³/mol. The highest BCUT2D eigenvalue weighted by Gasteiger charge is 2.16. The molecule has 0 unspecified atom stereocenters.